The van der Waals surface area contributed by atoms with Crippen molar-refractivity contribution in [3.8, 4) is 0 Å². The number of hydrogen-bond acceptors (Lipinski definition) is 6. The normalized spacial score (nSPS) is 31.7. The van der Waals surface area contributed by atoms with Crippen LogP contribution in [0.15, 0.2) is 18.7 Å². The zero-order valence-electron chi connectivity index (χ0n) is 20.0. The minimum atomic E-state index is -0.628. The molecule has 0 N–H and O–H groups in total. The zero-order chi connectivity index (χ0) is 23.5. The third kappa shape index (κ3) is 4.48. The quantitative estimate of drug-likeness (QED) is 0.487. The number of aromatic nitrogens is 3. The molecular weight excluding hydrogens is 535 g/mol. The first-order valence-corrected chi connectivity index (χ1v) is 12.9. The molecule has 0 spiro atoms. The summed E-state index contributed by atoms with van der Waals surface area (Å²) >= 11 is 2.35. The van der Waals surface area contributed by atoms with Crippen molar-refractivity contribution in [2.45, 2.75) is 83.5 Å². The lowest BCUT2D eigenvalue weighted by atomic mass is 9.83. The molecule has 2 aromatic rings. The van der Waals surface area contributed by atoms with Crippen LogP contribution in [0.2, 0.25) is 0 Å². The smallest absolute Gasteiger partial charge is 0.410 e. The highest BCUT2D eigenvalue weighted by Gasteiger charge is 2.56. The van der Waals surface area contributed by atoms with Gasteiger partial charge in [0.25, 0.3) is 0 Å². The Balaban J connectivity index is 1.42. The molecule has 1 saturated carbocycles. The van der Waals surface area contributed by atoms with Crippen molar-refractivity contribution in [3.05, 3.63) is 22.3 Å². The number of fused-ring (bicyclic) bond motifs is 2. The van der Waals surface area contributed by atoms with Gasteiger partial charge in [-0.2, -0.15) is 0 Å². The molecule has 0 aromatic carbocycles. The molecule has 1 unspecified atom stereocenters. The highest BCUT2D eigenvalue weighted by Crippen LogP contribution is 2.51. The number of rotatable bonds is 2. The average Bonchev–Trinajstić information content (AvgIpc) is 3.35. The van der Waals surface area contributed by atoms with Gasteiger partial charge in [0.2, 0.25) is 0 Å². The van der Waals surface area contributed by atoms with Gasteiger partial charge in [-0.3, -0.25) is 0 Å². The molecule has 2 aromatic heterocycles. The predicted molar refractivity (Wildman–Crippen MR) is 132 cm³/mol. The van der Waals surface area contributed by atoms with Gasteiger partial charge in [-0.05, 0) is 88.3 Å². The summed E-state index contributed by atoms with van der Waals surface area (Å²) in [6.45, 7) is 11.2. The number of nitrogens with zero attached hydrogens (tertiary/aromatic N) is 4. The molecule has 0 radical (unpaired) electrons. The Kier molecular flexibility index (Phi) is 5.88. The number of carbonyl (C=O) groups is 1. The molecule has 5 atom stereocenters. The van der Waals surface area contributed by atoms with Crippen LogP contribution >= 0.6 is 22.6 Å². The number of ether oxygens (including phenoxy) is 3. The largest absolute Gasteiger partial charge is 0.444 e. The van der Waals surface area contributed by atoms with Crippen molar-refractivity contribution in [3.63, 3.8) is 0 Å². The van der Waals surface area contributed by atoms with Crippen molar-refractivity contribution in [1.82, 2.24) is 19.4 Å². The van der Waals surface area contributed by atoms with Gasteiger partial charge in [-0.25, -0.2) is 14.8 Å². The molecule has 0 bridgehead atoms. The molecule has 2 aliphatic heterocycles. The minimum Gasteiger partial charge on any atom is -0.444 e. The summed E-state index contributed by atoms with van der Waals surface area (Å²) in [6, 6.07) is 0.125. The second-order valence-corrected chi connectivity index (χ2v) is 12.2. The Morgan fingerprint density at radius 3 is 2.79 bits per heavy atom. The van der Waals surface area contributed by atoms with E-state index in [9.17, 15) is 4.79 Å². The van der Waals surface area contributed by atoms with Gasteiger partial charge in [0.1, 0.15) is 23.7 Å². The van der Waals surface area contributed by atoms with Crippen LogP contribution in [0.25, 0.3) is 11.0 Å². The Morgan fingerprint density at radius 1 is 1.27 bits per heavy atom. The molecular formula is C24H33IN4O4. The summed E-state index contributed by atoms with van der Waals surface area (Å²) in [5.74, 6) is 0.0115. The van der Waals surface area contributed by atoms with E-state index >= 15 is 0 Å². The van der Waals surface area contributed by atoms with Crippen molar-refractivity contribution in [2.24, 2.45) is 11.8 Å². The van der Waals surface area contributed by atoms with E-state index in [1.807, 2.05) is 45.7 Å². The van der Waals surface area contributed by atoms with Crippen molar-refractivity contribution >= 4 is 39.7 Å². The van der Waals surface area contributed by atoms with Gasteiger partial charge in [-0.15, -0.1) is 0 Å². The fourth-order valence-electron chi connectivity index (χ4n) is 5.78. The second-order valence-electron chi connectivity index (χ2n) is 11.0. The summed E-state index contributed by atoms with van der Waals surface area (Å²) in [5, 5.41) is 1.06. The van der Waals surface area contributed by atoms with Crippen LogP contribution in [-0.2, 0) is 14.2 Å². The molecule has 1 aliphatic carbocycles. The lowest BCUT2D eigenvalue weighted by molar-refractivity contribution is -0.163. The molecule has 1 amide bonds. The zero-order valence-corrected chi connectivity index (χ0v) is 22.1. The van der Waals surface area contributed by atoms with E-state index in [1.165, 1.54) is 0 Å². The maximum atomic E-state index is 12.8. The van der Waals surface area contributed by atoms with Crippen LogP contribution < -0.4 is 0 Å². The van der Waals surface area contributed by atoms with Crippen molar-refractivity contribution in [2.75, 3.05) is 13.1 Å². The van der Waals surface area contributed by atoms with E-state index in [0.29, 0.717) is 18.4 Å². The molecule has 9 heteroatoms. The highest BCUT2D eigenvalue weighted by molar-refractivity contribution is 14.1. The number of halogens is 1. The Bertz CT molecular complexity index is 1050. The second kappa shape index (κ2) is 8.34. The van der Waals surface area contributed by atoms with Gasteiger partial charge in [0, 0.05) is 29.1 Å². The average molecular weight is 568 g/mol. The minimum absolute atomic E-state index is 0.00876. The monoisotopic (exact) mass is 568 g/mol. The fraction of sp³-hybridized carbons (Fsp3) is 0.708. The lowest BCUT2D eigenvalue weighted by Gasteiger charge is -2.38. The van der Waals surface area contributed by atoms with E-state index in [-0.39, 0.29) is 24.3 Å². The Labute approximate surface area is 208 Å². The maximum Gasteiger partial charge on any atom is 0.410 e. The Morgan fingerprint density at radius 2 is 2.03 bits per heavy atom. The maximum absolute atomic E-state index is 12.8. The van der Waals surface area contributed by atoms with E-state index in [0.717, 1.165) is 40.4 Å². The number of likely N-dealkylation sites (tertiary alicyclic amines) is 1. The first-order valence-electron chi connectivity index (χ1n) is 11.8. The first-order chi connectivity index (χ1) is 15.5. The third-order valence-electron chi connectivity index (χ3n) is 7.00. The summed E-state index contributed by atoms with van der Waals surface area (Å²) in [4.78, 5) is 23.4. The van der Waals surface area contributed by atoms with Crippen LogP contribution in [0.4, 0.5) is 4.79 Å². The molecule has 8 nitrogen and oxygen atoms in total. The molecule has 5 rings (SSSR count). The standard InChI is InChI=1S/C24H33IN4O4/c1-23(2,3)33-22(30)28-8-6-7-14(11-28)15-9-18(20-19(15)31-24(4,5)32-20)29-12-17(25)16-10-26-13-27-21(16)29/h10,12-15,18-20H,6-9,11H2,1-5H3/t14?,15-,18-,19-,20+/m1/s1. The molecule has 3 fully saturated rings. The summed E-state index contributed by atoms with van der Waals surface area (Å²) in [5.41, 5.74) is 0.445. The van der Waals surface area contributed by atoms with Crippen LogP contribution in [0.3, 0.4) is 0 Å². The van der Waals surface area contributed by atoms with Crippen LogP contribution in [0, 0.1) is 15.4 Å². The van der Waals surface area contributed by atoms with Gasteiger partial charge in [0.05, 0.1) is 17.5 Å². The Hall–Kier alpha value is -1.46. The summed E-state index contributed by atoms with van der Waals surface area (Å²) in [7, 11) is 0. The van der Waals surface area contributed by atoms with Crippen molar-refractivity contribution < 1.29 is 19.0 Å². The molecule has 180 valence electrons. The molecule has 2 saturated heterocycles. The number of piperidine rings is 1. The lowest BCUT2D eigenvalue weighted by Crippen LogP contribution is -2.46. The van der Waals surface area contributed by atoms with Crippen molar-refractivity contribution in [1.29, 1.82) is 0 Å². The van der Waals surface area contributed by atoms with Gasteiger partial charge in [0.15, 0.2) is 5.79 Å². The topological polar surface area (TPSA) is 78.7 Å². The summed E-state index contributed by atoms with van der Waals surface area (Å²) < 4.78 is 22.0. The number of hydrogen-bond donors (Lipinski definition) is 0. The SMILES string of the molecule is CC(C)(C)OC(=O)N1CCCC([C@H]2C[C@@H](n3cc(I)c4cncnc43)[C@@H]3OC(C)(C)O[C@@H]32)C1. The fourth-order valence-corrected chi connectivity index (χ4v) is 6.46. The van der Waals surface area contributed by atoms with E-state index < -0.39 is 11.4 Å². The number of carbonyl (C=O) groups excluding carboxylic acids is 1. The van der Waals surface area contributed by atoms with Gasteiger partial charge >= 0.3 is 6.09 Å². The predicted octanol–water partition coefficient (Wildman–Crippen LogP) is 4.76. The summed E-state index contributed by atoms with van der Waals surface area (Å²) in [6.07, 6.45) is 8.35. The molecule has 4 heterocycles. The molecule has 33 heavy (non-hydrogen) atoms. The van der Waals surface area contributed by atoms with Crippen LogP contribution in [-0.4, -0.2) is 62.2 Å². The van der Waals surface area contributed by atoms with E-state index in [4.69, 9.17) is 14.2 Å². The first kappa shape index (κ1) is 23.3. The van der Waals surface area contributed by atoms with E-state index in [1.54, 1.807) is 6.33 Å². The third-order valence-corrected chi connectivity index (χ3v) is 7.86. The van der Waals surface area contributed by atoms with Crippen LogP contribution in [0.5, 0.6) is 0 Å². The van der Waals surface area contributed by atoms with E-state index in [2.05, 4.69) is 43.3 Å². The van der Waals surface area contributed by atoms with Gasteiger partial charge in [-0.1, -0.05) is 0 Å². The van der Waals surface area contributed by atoms with Crippen LogP contribution in [0.1, 0.15) is 59.9 Å². The van der Waals surface area contributed by atoms with Gasteiger partial charge < -0.3 is 23.7 Å². The molecule has 3 aliphatic rings. The highest BCUT2D eigenvalue weighted by atomic mass is 127. The number of amides is 1.